The Labute approximate surface area is 144 Å². The highest BCUT2D eigenvalue weighted by Gasteiger charge is 2.15. The highest BCUT2D eigenvalue weighted by atomic mass is 35.5. The third-order valence-corrected chi connectivity index (χ3v) is 3.75. The van der Waals surface area contributed by atoms with Crippen LogP contribution in [-0.2, 0) is 6.54 Å². The third-order valence-electron chi connectivity index (χ3n) is 3.41. The predicted molar refractivity (Wildman–Crippen MR) is 90.3 cm³/mol. The van der Waals surface area contributed by atoms with Gasteiger partial charge in [-0.3, -0.25) is 9.78 Å². The third kappa shape index (κ3) is 3.55. The average Bonchev–Trinajstić information content (AvgIpc) is 2.64. The van der Waals surface area contributed by atoms with Gasteiger partial charge in [0.1, 0.15) is 5.15 Å². The van der Waals surface area contributed by atoms with E-state index in [0.29, 0.717) is 23.1 Å². The Hall–Kier alpha value is -2.86. The van der Waals surface area contributed by atoms with Gasteiger partial charge >= 0.3 is 0 Å². The summed E-state index contributed by atoms with van der Waals surface area (Å²) in [4.78, 5) is 30.5. The maximum atomic E-state index is 12.5. The van der Waals surface area contributed by atoms with Gasteiger partial charge in [0.15, 0.2) is 5.82 Å². The Morgan fingerprint density at radius 1 is 1.08 bits per heavy atom. The number of carbonyl (C=O) groups is 1. The summed E-state index contributed by atoms with van der Waals surface area (Å²) in [6, 6.07) is 7.29. The molecule has 0 atom stereocenters. The van der Waals surface area contributed by atoms with Gasteiger partial charge in [0.25, 0.3) is 5.91 Å². The maximum absolute atomic E-state index is 12.5. The quantitative estimate of drug-likeness (QED) is 0.683. The van der Waals surface area contributed by atoms with Crippen LogP contribution >= 0.6 is 11.6 Å². The second-order valence-electron chi connectivity index (χ2n) is 5.15. The molecule has 0 saturated carbocycles. The Morgan fingerprint density at radius 2 is 1.83 bits per heavy atom. The Bertz CT molecular complexity index is 839. The number of hydrogen-bond acceptors (Lipinski definition) is 5. The molecular formula is C17H14ClN5O. The van der Waals surface area contributed by atoms with Crippen molar-refractivity contribution >= 4 is 17.5 Å². The lowest BCUT2D eigenvalue weighted by Crippen LogP contribution is -2.26. The fraction of sp³-hybridized carbons (Fsp3) is 0.118. The zero-order chi connectivity index (χ0) is 16.9. The molecule has 0 aliphatic carbocycles. The Balaban J connectivity index is 1.74. The minimum atomic E-state index is -0.187. The van der Waals surface area contributed by atoms with Gasteiger partial charge < -0.3 is 4.90 Å². The van der Waals surface area contributed by atoms with Gasteiger partial charge in [0.05, 0.1) is 5.56 Å². The molecule has 0 N–H and O–H groups in total. The fourth-order valence-corrected chi connectivity index (χ4v) is 2.35. The van der Waals surface area contributed by atoms with E-state index in [-0.39, 0.29) is 5.91 Å². The van der Waals surface area contributed by atoms with Crippen LogP contribution < -0.4 is 0 Å². The molecule has 0 saturated heterocycles. The number of halogens is 1. The van der Waals surface area contributed by atoms with Crippen molar-refractivity contribution in [3.63, 3.8) is 0 Å². The number of pyridine rings is 2. The number of nitrogens with zero attached hydrogens (tertiary/aromatic N) is 5. The SMILES string of the molecule is CN(Cc1cccnc1Cl)C(=O)c1cnc(-c2cccnc2)nc1. The van der Waals surface area contributed by atoms with E-state index in [9.17, 15) is 4.79 Å². The van der Waals surface area contributed by atoms with Crippen LogP contribution in [0.2, 0.25) is 5.15 Å². The summed E-state index contributed by atoms with van der Waals surface area (Å²) < 4.78 is 0. The summed E-state index contributed by atoms with van der Waals surface area (Å²) in [6.07, 6.45) is 7.99. The van der Waals surface area contributed by atoms with Gasteiger partial charge in [-0.1, -0.05) is 17.7 Å². The zero-order valence-corrected chi connectivity index (χ0v) is 13.7. The maximum Gasteiger partial charge on any atom is 0.257 e. The molecule has 1 amide bonds. The topological polar surface area (TPSA) is 71.9 Å². The predicted octanol–water partition coefficient (Wildman–Crippen LogP) is 2.86. The van der Waals surface area contributed by atoms with Crippen molar-refractivity contribution < 1.29 is 4.79 Å². The van der Waals surface area contributed by atoms with E-state index in [1.165, 1.54) is 12.4 Å². The summed E-state index contributed by atoms with van der Waals surface area (Å²) >= 11 is 6.03. The molecule has 120 valence electrons. The van der Waals surface area contributed by atoms with Crippen LogP contribution in [0, 0.1) is 0 Å². The molecule has 0 bridgehead atoms. The summed E-state index contributed by atoms with van der Waals surface area (Å²) in [5, 5.41) is 0.389. The normalized spacial score (nSPS) is 10.4. The van der Waals surface area contributed by atoms with Crippen LogP contribution in [0.5, 0.6) is 0 Å². The second kappa shape index (κ2) is 7.14. The van der Waals surface area contributed by atoms with Crippen LogP contribution in [0.3, 0.4) is 0 Å². The standard InChI is InChI=1S/C17H14ClN5O/c1-23(11-13-5-3-7-20-15(13)18)17(24)14-9-21-16(22-10-14)12-4-2-6-19-8-12/h2-10H,11H2,1H3. The van der Waals surface area contributed by atoms with Crippen molar-refractivity contribution in [1.29, 1.82) is 0 Å². The molecule has 24 heavy (non-hydrogen) atoms. The first-order valence-electron chi connectivity index (χ1n) is 7.22. The van der Waals surface area contributed by atoms with Gasteiger partial charge in [-0.2, -0.15) is 0 Å². The minimum Gasteiger partial charge on any atom is -0.337 e. The number of rotatable bonds is 4. The molecule has 0 unspecified atom stereocenters. The monoisotopic (exact) mass is 339 g/mol. The first-order chi connectivity index (χ1) is 11.6. The van der Waals surface area contributed by atoms with E-state index >= 15 is 0 Å². The molecule has 0 aliphatic rings. The Morgan fingerprint density at radius 3 is 2.50 bits per heavy atom. The van der Waals surface area contributed by atoms with Crippen LogP contribution in [0.1, 0.15) is 15.9 Å². The lowest BCUT2D eigenvalue weighted by atomic mass is 10.2. The van der Waals surface area contributed by atoms with Crippen molar-refractivity contribution in [3.8, 4) is 11.4 Å². The smallest absolute Gasteiger partial charge is 0.257 e. The first kappa shape index (κ1) is 16.0. The molecule has 7 heteroatoms. The first-order valence-corrected chi connectivity index (χ1v) is 7.60. The van der Waals surface area contributed by atoms with Gasteiger partial charge in [-0.05, 0) is 18.2 Å². The molecule has 0 radical (unpaired) electrons. The highest BCUT2D eigenvalue weighted by Crippen LogP contribution is 2.16. The fourth-order valence-electron chi connectivity index (χ4n) is 2.17. The number of hydrogen-bond donors (Lipinski definition) is 0. The van der Waals surface area contributed by atoms with E-state index in [1.807, 2.05) is 18.2 Å². The van der Waals surface area contributed by atoms with Crippen molar-refractivity contribution in [3.05, 3.63) is 71.5 Å². The van der Waals surface area contributed by atoms with Crippen LogP contribution in [0.25, 0.3) is 11.4 Å². The van der Waals surface area contributed by atoms with E-state index < -0.39 is 0 Å². The lowest BCUT2D eigenvalue weighted by molar-refractivity contribution is 0.0784. The largest absolute Gasteiger partial charge is 0.337 e. The molecule has 6 nitrogen and oxygen atoms in total. The molecule has 3 aromatic heterocycles. The Kier molecular flexibility index (Phi) is 4.77. The minimum absolute atomic E-state index is 0.187. The zero-order valence-electron chi connectivity index (χ0n) is 12.9. The van der Waals surface area contributed by atoms with Crippen LogP contribution in [0.4, 0.5) is 0 Å². The van der Waals surface area contributed by atoms with E-state index in [0.717, 1.165) is 11.1 Å². The molecule has 0 spiro atoms. The van der Waals surface area contributed by atoms with Crippen molar-refractivity contribution in [2.75, 3.05) is 7.05 Å². The number of amides is 1. The number of aromatic nitrogens is 4. The number of carbonyl (C=O) groups excluding carboxylic acids is 1. The van der Waals surface area contributed by atoms with Gasteiger partial charge in [-0.25, -0.2) is 15.0 Å². The molecule has 3 aromatic rings. The molecule has 0 fully saturated rings. The second-order valence-corrected chi connectivity index (χ2v) is 5.51. The lowest BCUT2D eigenvalue weighted by Gasteiger charge is -2.17. The van der Waals surface area contributed by atoms with Crippen molar-refractivity contribution in [2.45, 2.75) is 6.54 Å². The summed E-state index contributed by atoms with van der Waals surface area (Å²) in [7, 11) is 1.70. The average molecular weight is 340 g/mol. The van der Waals surface area contributed by atoms with Crippen molar-refractivity contribution in [1.82, 2.24) is 24.8 Å². The molecule has 0 aromatic carbocycles. The van der Waals surface area contributed by atoms with E-state index in [1.54, 1.807) is 36.6 Å². The molecule has 0 aliphatic heterocycles. The van der Waals surface area contributed by atoms with Gasteiger partial charge in [0, 0.05) is 55.7 Å². The summed E-state index contributed by atoms with van der Waals surface area (Å²) in [5.74, 6) is 0.338. The van der Waals surface area contributed by atoms with Gasteiger partial charge in [0.2, 0.25) is 0 Å². The van der Waals surface area contributed by atoms with Gasteiger partial charge in [-0.15, -0.1) is 0 Å². The van der Waals surface area contributed by atoms with E-state index in [4.69, 9.17) is 11.6 Å². The van der Waals surface area contributed by atoms with Crippen LogP contribution in [-0.4, -0.2) is 37.8 Å². The molecular weight excluding hydrogens is 326 g/mol. The molecule has 3 rings (SSSR count). The summed E-state index contributed by atoms with van der Waals surface area (Å²) in [5.41, 5.74) is 1.99. The highest BCUT2D eigenvalue weighted by molar-refractivity contribution is 6.30. The van der Waals surface area contributed by atoms with Crippen molar-refractivity contribution in [2.24, 2.45) is 0 Å². The summed E-state index contributed by atoms with van der Waals surface area (Å²) in [6.45, 7) is 0.357. The molecule has 3 heterocycles. The van der Waals surface area contributed by atoms with Crippen LogP contribution in [0.15, 0.2) is 55.2 Å². The van der Waals surface area contributed by atoms with E-state index in [2.05, 4.69) is 19.9 Å².